The van der Waals surface area contributed by atoms with Gasteiger partial charge < -0.3 is 14.3 Å². The first kappa shape index (κ1) is 13.2. The zero-order valence-corrected chi connectivity index (χ0v) is 12.2. The molecule has 2 aromatic rings. The van der Waals surface area contributed by atoms with E-state index in [9.17, 15) is 5.11 Å². The molecule has 1 aliphatic rings. The molecule has 1 aliphatic heterocycles. The van der Waals surface area contributed by atoms with Crippen molar-refractivity contribution in [2.24, 2.45) is 0 Å². The summed E-state index contributed by atoms with van der Waals surface area (Å²) in [6.45, 7) is 0.859. The lowest BCUT2D eigenvalue weighted by molar-refractivity contribution is 0.0755. The summed E-state index contributed by atoms with van der Waals surface area (Å²) < 4.78 is 12.2. The molecular formula is C15H17BrO3. The lowest BCUT2D eigenvalue weighted by atomic mass is 10.1. The summed E-state index contributed by atoms with van der Waals surface area (Å²) in [7, 11) is 0. The summed E-state index contributed by atoms with van der Waals surface area (Å²) in [6, 6.07) is 7.80. The number of ether oxygens (including phenoxy) is 1. The molecule has 1 saturated heterocycles. The van der Waals surface area contributed by atoms with Gasteiger partial charge in [-0.25, -0.2) is 0 Å². The zero-order valence-electron chi connectivity index (χ0n) is 10.6. The lowest BCUT2D eigenvalue weighted by Crippen LogP contribution is -2.07. The fourth-order valence-corrected chi connectivity index (χ4v) is 3.03. The largest absolute Gasteiger partial charge is 0.457 e. The fourth-order valence-electron chi connectivity index (χ4n) is 2.57. The third-order valence-corrected chi connectivity index (χ3v) is 4.25. The van der Waals surface area contributed by atoms with Crippen molar-refractivity contribution >= 4 is 26.9 Å². The van der Waals surface area contributed by atoms with Gasteiger partial charge in [-0.05, 0) is 53.7 Å². The van der Waals surface area contributed by atoms with Gasteiger partial charge in [0.25, 0.3) is 0 Å². The summed E-state index contributed by atoms with van der Waals surface area (Å²) in [5.41, 5.74) is 0.800. The number of benzene rings is 1. The van der Waals surface area contributed by atoms with Crippen LogP contribution in [-0.4, -0.2) is 17.8 Å². The Morgan fingerprint density at radius 2 is 2.32 bits per heavy atom. The standard InChI is InChI=1S/C15H17BrO3/c16-12-5-1-3-10-9-14(19-15(10)12)13(17)7-6-11-4-2-8-18-11/h1,3,5,9,11,13,17H,2,4,6-8H2. The molecule has 19 heavy (non-hydrogen) atoms. The first-order valence-corrected chi connectivity index (χ1v) is 7.51. The number of para-hydroxylation sites is 1. The summed E-state index contributed by atoms with van der Waals surface area (Å²) in [4.78, 5) is 0. The van der Waals surface area contributed by atoms with Gasteiger partial charge in [-0.2, -0.15) is 0 Å². The Balaban J connectivity index is 1.70. The minimum atomic E-state index is -0.552. The molecule has 0 saturated carbocycles. The Hall–Kier alpha value is -0.840. The maximum atomic E-state index is 10.2. The Kier molecular flexibility index (Phi) is 3.91. The van der Waals surface area contributed by atoms with Gasteiger partial charge in [0.05, 0.1) is 10.6 Å². The second-order valence-electron chi connectivity index (χ2n) is 5.04. The molecule has 3 nitrogen and oxygen atoms in total. The van der Waals surface area contributed by atoms with Gasteiger partial charge in [0.15, 0.2) is 0 Å². The van der Waals surface area contributed by atoms with Gasteiger partial charge in [0.2, 0.25) is 0 Å². The van der Waals surface area contributed by atoms with Crippen molar-refractivity contribution in [1.29, 1.82) is 0 Å². The van der Waals surface area contributed by atoms with Gasteiger partial charge in [0.1, 0.15) is 17.4 Å². The van der Waals surface area contributed by atoms with Crippen molar-refractivity contribution in [3.63, 3.8) is 0 Å². The maximum absolute atomic E-state index is 10.2. The Labute approximate surface area is 120 Å². The summed E-state index contributed by atoms with van der Waals surface area (Å²) in [5, 5.41) is 11.2. The third-order valence-electron chi connectivity index (χ3n) is 3.63. The number of halogens is 1. The van der Waals surface area contributed by atoms with E-state index in [-0.39, 0.29) is 0 Å². The average molecular weight is 325 g/mol. The number of fused-ring (bicyclic) bond motifs is 1. The van der Waals surface area contributed by atoms with Gasteiger partial charge in [0, 0.05) is 12.0 Å². The Bertz CT molecular complexity index is 558. The fraction of sp³-hybridized carbons (Fsp3) is 0.467. The van der Waals surface area contributed by atoms with Gasteiger partial charge >= 0.3 is 0 Å². The van der Waals surface area contributed by atoms with Crippen LogP contribution in [0.4, 0.5) is 0 Å². The van der Waals surface area contributed by atoms with E-state index >= 15 is 0 Å². The molecule has 1 fully saturated rings. The lowest BCUT2D eigenvalue weighted by Gasteiger charge is -2.11. The quantitative estimate of drug-likeness (QED) is 0.917. The Morgan fingerprint density at radius 3 is 3.05 bits per heavy atom. The van der Waals surface area contributed by atoms with Crippen LogP contribution < -0.4 is 0 Å². The van der Waals surface area contributed by atoms with Crippen molar-refractivity contribution in [3.8, 4) is 0 Å². The van der Waals surface area contributed by atoms with Crippen LogP contribution >= 0.6 is 15.9 Å². The monoisotopic (exact) mass is 324 g/mol. The van der Waals surface area contributed by atoms with E-state index in [0.717, 1.165) is 41.3 Å². The van der Waals surface area contributed by atoms with Crippen LogP contribution in [0.1, 0.15) is 37.5 Å². The predicted molar refractivity (Wildman–Crippen MR) is 77.1 cm³/mol. The van der Waals surface area contributed by atoms with Crippen LogP contribution in [0.5, 0.6) is 0 Å². The van der Waals surface area contributed by atoms with Crippen molar-refractivity contribution in [1.82, 2.24) is 0 Å². The van der Waals surface area contributed by atoms with E-state index in [0.29, 0.717) is 18.3 Å². The Morgan fingerprint density at radius 1 is 1.42 bits per heavy atom. The first-order valence-electron chi connectivity index (χ1n) is 6.71. The normalized spacial score (nSPS) is 21.1. The number of hydrogen-bond acceptors (Lipinski definition) is 3. The van der Waals surface area contributed by atoms with Crippen molar-refractivity contribution < 1.29 is 14.3 Å². The molecular weight excluding hydrogens is 308 g/mol. The van der Waals surface area contributed by atoms with Crippen LogP contribution in [0.3, 0.4) is 0 Å². The maximum Gasteiger partial charge on any atom is 0.148 e. The van der Waals surface area contributed by atoms with E-state index in [1.807, 2.05) is 24.3 Å². The molecule has 3 rings (SSSR count). The van der Waals surface area contributed by atoms with Crippen LogP contribution in [0.25, 0.3) is 11.0 Å². The summed E-state index contributed by atoms with van der Waals surface area (Å²) >= 11 is 3.46. The van der Waals surface area contributed by atoms with E-state index in [4.69, 9.17) is 9.15 Å². The van der Waals surface area contributed by atoms with Crippen LogP contribution in [-0.2, 0) is 4.74 Å². The summed E-state index contributed by atoms with van der Waals surface area (Å²) in [6.07, 6.45) is 3.58. The molecule has 4 heteroatoms. The SMILES string of the molecule is OC(CCC1CCCO1)c1cc2cccc(Br)c2o1. The number of aliphatic hydroxyl groups is 1. The third kappa shape index (κ3) is 2.86. The second-order valence-corrected chi connectivity index (χ2v) is 5.89. The molecule has 2 atom stereocenters. The molecule has 1 aromatic heterocycles. The van der Waals surface area contributed by atoms with Crippen molar-refractivity contribution in [3.05, 3.63) is 34.5 Å². The highest BCUT2D eigenvalue weighted by molar-refractivity contribution is 9.10. The molecule has 2 heterocycles. The molecule has 1 N–H and O–H groups in total. The van der Waals surface area contributed by atoms with Gasteiger partial charge in [-0.1, -0.05) is 12.1 Å². The number of rotatable bonds is 4. The van der Waals surface area contributed by atoms with Crippen molar-refractivity contribution in [2.45, 2.75) is 37.9 Å². The second kappa shape index (κ2) is 5.65. The van der Waals surface area contributed by atoms with Crippen molar-refractivity contribution in [2.75, 3.05) is 6.61 Å². The topological polar surface area (TPSA) is 42.6 Å². The average Bonchev–Trinajstić information content (AvgIpc) is 3.05. The van der Waals surface area contributed by atoms with Gasteiger partial charge in [-0.15, -0.1) is 0 Å². The van der Waals surface area contributed by atoms with Crippen LogP contribution in [0.2, 0.25) is 0 Å². The van der Waals surface area contributed by atoms with E-state index in [2.05, 4.69) is 15.9 Å². The van der Waals surface area contributed by atoms with Gasteiger partial charge in [-0.3, -0.25) is 0 Å². The molecule has 0 amide bonds. The predicted octanol–water partition coefficient (Wildman–Crippen LogP) is 4.19. The molecule has 2 unspecified atom stereocenters. The smallest absolute Gasteiger partial charge is 0.148 e. The molecule has 0 aliphatic carbocycles. The zero-order chi connectivity index (χ0) is 13.2. The number of aliphatic hydroxyl groups excluding tert-OH is 1. The van der Waals surface area contributed by atoms with E-state index in [1.54, 1.807) is 0 Å². The summed E-state index contributed by atoms with van der Waals surface area (Å²) in [5.74, 6) is 0.639. The molecule has 1 aromatic carbocycles. The highest BCUT2D eigenvalue weighted by Gasteiger charge is 2.20. The van der Waals surface area contributed by atoms with E-state index < -0.39 is 6.10 Å². The number of furan rings is 1. The minimum absolute atomic E-state index is 0.311. The van der Waals surface area contributed by atoms with E-state index in [1.165, 1.54) is 0 Å². The highest BCUT2D eigenvalue weighted by Crippen LogP contribution is 2.31. The van der Waals surface area contributed by atoms with Crippen LogP contribution in [0, 0.1) is 0 Å². The minimum Gasteiger partial charge on any atom is -0.457 e. The molecule has 102 valence electrons. The molecule has 0 radical (unpaired) electrons. The molecule has 0 spiro atoms. The van der Waals surface area contributed by atoms with Crippen LogP contribution in [0.15, 0.2) is 33.2 Å². The molecule has 0 bridgehead atoms. The first-order chi connectivity index (χ1) is 9.24. The number of hydrogen-bond donors (Lipinski definition) is 1. The highest BCUT2D eigenvalue weighted by atomic mass is 79.9.